The number of benzene rings is 2. The number of nitrogens with zero attached hydrogens (tertiary/aromatic N) is 5. The van der Waals surface area contributed by atoms with Gasteiger partial charge < -0.3 is 24.8 Å². The number of aromatic nitrogens is 4. The Kier molecular flexibility index (Phi) is 5.44. The van der Waals surface area contributed by atoms with E-state index >= 15 is 0 Å². The molecule has 0 saturated carbocycles. The number of rotatable bonds is 6. The van der Waals surface area contributed by atoms with Gasteiger partial charge in [-0.05, 0) is 54.6 Å². The third-order valence-electron chi connectivity index (χ3n) is 5.10. The molecule has 8 nitrogen and oxygen atoms in total. The lowest BCUT2D eigenvalue weighted by molar-refractivity contribution is 0.122. The average Bonchev–Trinajstić information content (AvgIpc) is 3.36. The highest BCUT2D eigenvalue weighted by Crippen LogP contribution is 2.22. The first-order valence-corrected chi connectivity index (χ1v) is 10.2. The second-order valence-electron chi connectivity index (χ2n) is 7.18. The topological polar surface area (TPSA) is 80.1 Å². The quantitative estimate of drug-likeness (QED) is 0.495. The summed E-state index contributed by atoms with van der Waals surface area (Å²) in [5.41, 5.74) is 4.14. The normalized spacial score (nSPS) is 13.7. The number of morpholine rings is 1. The van der Waals surface area contributed by atoms with Crippen LogP contribution in [0.5, 0.6) is 0 Å². The Balaban J connectivity index is 1.24. The monoisotopic (exact) mass is 413 g/mol. The average molecular weight is 413 g/mol. The lowest BCUT2D eigenvalue weighted by Gasteiger charge is -2.28. The molecule has 1 aliphatic heterocycles. The lowest BCUT2D eigenvalue weighted by Crippen LogP contribution is -2.36. The molecule has 31 heavy (non-hydrogen) atoms. The van der Waals surface area contributed by atoms with Gasteiger partial charge in [-0.25, -0.2) is 9.97 Å². The van der Waals surface area contributed by atoms with Crippen LogP contribution in [0.25, 0.3) is 5.69 Å². The van der Waals surface area contributed by atoms with Crippen LogP contribution in [0.1, 0.15) is 0 Å². The van der Waals surface area contributed by atoms with Crippen molar-refractivity contribution in [1.82, 2.24) is 19.5 Å². The van der Waals surface area contributed by atoms with E-state index < -0.39 is 0 Å². The Bertz CT molecular complexity index is 1110. The Labute approximate surface area is 180 Å². The highest BCUT2D eigenvalue weighted by molar-refractivity contribution is 5.62. The molecule has 156 valence electrons. The summed E-state index contributed by atoms with van der Waals surface area (Å²) in [5, 5.41) is 6.59. The molecule has 0 amide bonds. The van der Waals surface area contributed by atoms with Gasteiger partial charge in [-0.2, -0.15) is 4.98 Å². The van der Waals surface area contributed by atoms with Gasteiger partial charge in [-0.3, -0.25) is 0 Å². The van der Waals surface area contributed by atoms with Crippen molar-refractivity contribution in [2.24, 2.45) is 0 Å². The summed E-state index contributed by atoms with van der Waals surface area (Å²) in [4.78, 5) is 15.3. The van der Waals surface area contributed by atoms with E-state index in [1.807, 2.05) is 41.1 Å². The highest BCUT2D eigenvalue weighted by atomic mass is 16.5. The Morgan fingerprint density at radius 2 is 1.48 bits per heavy atom. The lowest BCUT2D eigenvalue weighted by atomic mass is 10.2. The van der Waals surface area contributed by atoms with E-state index in [1.165, 1.54) is 5.69 Å². The van der Waals surface area contributed by atoms with E-state index in [-0.39, 0.29) is 0 Å². The fourth-order valence-corrected chi connectivity index (χ4v) is 3.47. The van der Waals surface area contributed by atoms with E-state index in [1.54, 1.807) is 18.7 Å². The maximum atomic E-state index is 5.42. The summed E-state index contributed by atoms with van der Waals surface area (Å²) in [7, 11) is 0. The molecule has 1 saturated heterocycles. The van der Waals surface area contributed by atoms with Crippen molar-refractivity contribution in [2.75, 3.05) is 41.8 Å². The van der Waals surface area contributed by atoms with E-state index in [0.717, 1.165) is 49.2 Å². The molecule has 0 radical (unpaired) electrons. The smallest absolute Gasteiger partial charge is 0.229 e. The molecule has 0 aliphatic carbocycles. The fourth-order valence-electron chi connectivity index (χ4n) is 3.47. The SMILES string of the molecule is c1cn(-c2ccc(Nc3nccc(Nc4ccc(N5CCOCC5)cc4)n3)cc2)cn1. The molecule has 1 fully saturated rings. The van der Waals surface area contributed by atoms with E-state index in [2.05, 4.69) is 54.8 Å². The second-order valence-corrected chi connectivity index (χ2v) is 7.18. The zero-order valence-electron chi connectivity index (χ0n) is 17.0. The molecule has 4 aromatic rings. The minimum atomic E-state index is 0.533. The van der Waals surface area contributed by atoms with Crippen LogP contribution < -0.4 is 15.5 Å². The Morgan fingerprint density at radius 3 is 2.19 bits per heavy atom. The third-order valence-corrected chi connectivity index (χ3v) is 5.10. The molecule has 0 unspecified atom stereocenters. The number of nitrogens with one attached hydrogen (secondary N) is 2. The zero-order valence-corrected chi connectivity index (χ0v) is 17.0. The van der Waals surface area contributed by atoms with Gasteiger partial charge in [-0.15, -0.1) is 0 Å². The predicted octanol–water partition coefficient (Wildman–Crippen LogP) is 3.99. The number of hydrogen-bond donors (Lipinski definition) is 2. The van der Waals surface area contributed by atoms with Crippen molar-refractivity contribution >= 4 is 28.8 Å². The van der Waals surface area contributed by atoms with Crippen molar-refractivity contribution in [3.8, 4) is 5.69 Å². The first kappa shape index (κ1) is 19.1. The Morgan fingerprint density at radius 1 is 0.774 bits per heavy atom. The molecule has 8 heteroatoms. The van der Waals surface area contributed by atoms with Gasteiger partial charge in [0.2, 0.25) is 5.95 Å². The van der Waals surface area contributed by atoms with E-state index in [4.69, 9.17) is 4.74 Å². The summed E-state index contributed by atoms with van der Waals surface area (Å²) < 4.78 is 7.38. The molecule has 0 bridgehead atoms. The molecule has 1 aliphatic rings. The van der Waals surface area contributed by atoms with Crippen molar-refractivity contribution in [3.63, 3.8) is 0 Å². The van der Waals surface area contributed by atoms with Gasteiger partial charge in [0.15, 0.2) is 0 Å². The van der Waals surface area contributed by atoms with Crippen LogP contribution in [0.4, 0.5) is 28.8 Å². The van der Waals surface area contributed by atoms with E-state index in [0.29, 0.717) is 5.95 Å². The molecule has 3 heterocycles. The molecule has 0 spiro atoms. The molecule has 2 aromatic carbocycles. The highest BCUT2D eigenvalue weighted by Gasteiger charge is 2.11. The van der Waals surface area contributed by atoms with Gasteiger partial charge in [-0.1, -0.05) is 0 Å². The molecule has 2 N–H and O–H groups in total. The summed E-state index contributed by atoms with van der Waals surface area (Å²) in [6, 6.07) is 18.2. The van der Waals surface area contributed by atoms with Crippen molar-refractivity contribution in [1.29, 1.82) is 0 Å². The first-order valence-electron chi connectivity index (χ1n) is 10.2. The minimum absolute atomic E-state index is 0.533. The van der Waals surface area contributed by atoms with Crippen LogP contribution in [0.2, 0.25) is 0 Å². The van der Waals surface area contributed by atoms with Crippen LogP contribution >= 0.6 is 0 Å². The summed E-state index contributed by atoms with van der Waals surface area (Å²) >= 11 is 0. The largest absolute Gasteiger partial charge is 0.378 e. The van der Waals surface area contributed by atoms with Crippen LogP contribution in [0.15, 0.2) is 79.5 Å². The molecule has 2 aromatic heterocycles. The van der Waals surface area contributed by atoms with Gasteiger partial charge in [0.05, 0.1) is 19.5 Å². The standard InChI is InChI=1S/C23H23N7O/c1-5-20(29-13-15-31-16-14-29)6-2-18(1)26-22-9-10-25-23(28-22)27-19-3-7-21(8-4-19)30-12-11-24-17-30/h1-12,17H,13-16H2,(H2,25,26,27,28). The maximum Gasteiger partial charge on any atom is 0.229 e. The number of ether oxygens (including phenoxy) is 1. The van der Waals surface area contributed by atoms with Crippen molar-refractivity contribution in [2.45, 2.75) is 0 Å². The molecular weight excluding hydrogens is 390 g/mol. The van der Waals surface area contributed by atoms with Crippen molar-refractivity contribution in [3.05, 3.63) is 79.5 Å². The van der Waals surface area contributed by atoms with Crippen LogP contribution in [-0.4, -0.2) is 45.8 Å². The maximum absolute atomic E-state index is 5.42. The number of anilines is 5. The minimum Gasteiger partial charge on any atom is -0.378 e. The molecule has 0 atom stereocenters. The Hall–Kier alpha value is -3.91. The molecular formula is C23H23N7O. The van der Waals surface area contributed by atoms with Gasteiger partial charge in [0.25, 0.3) is 0 Å². The first-order chi connectivity index (χ1) is 15.3. The number of imidazole rings is 1. The molecule has 5 rings (SSSR count). The third kappa shape index (κ3) is 4.65. The number of hydrogen-bond acceptors (Lipinski definition) is 7. The van der Waals surface area contributed by atoms with E-state index in [9.17, 15) is 0 Å². The summed E-state index contributed by atoms with van der Waals surface area (Å²) in [6.07, 6.45) is 7.18. The van der Waals surface area contributed by atoms with Crippen LogP contribution in [0, 0.1) is 0 Å². The van der Waals surface area contributed by atoms with Crippen molar-refractivity contribution < 1.29 is 4.74 Å². The van der Waals surface area contributed by atoms with Crippen LogP contribution in [0.3, 0.4) is 0 Å². The summed E-state index contributed by atoms with van der Waals surface area (Å²) in [6.45, 7) is 3.42. The van der Waals surface area contributed by atoms with Gasteiger partial charge in [0.1, 0.15) is 5.82 Å². The van der Waals surface area contributed by atoms with Gasteiger partial charge in [0, 0.05) is 54.4 Å². The fraction of sp³-hybridized carbons (Fsp3) is 0.174. The zero-order chi connectivity index (χ0) is 20.9. The second kappa shape index (κ2) is 8.85. The van der Waals surface area contributed by atoms with Gasteiger partial charge >= 0.3 is 0 Å². The summed E-state index contributed by atoms with van der Waals surface area (Å²) in [5.74, 6) is 1.26. The predicted molar refractivity (Wildman–Crippen MR) is 122 cm³/mol. The van der Waals surface area contributed by atoms with Crippen LogP contribution in [-0.2, 0) is 4.74 Å².